The standard InChI is InChI=1S/C12H19NO2/c1-12(2,3)13-10(14)8-6-4-5-7-9(8)11(13)15/h8-9H,4-7H2,1-3H3/t8-,9+. The number of nitrogens with zero attached hydrogens (tertiary/aromatic N) is 1. The van der Waals surface area contributed by atoms with Gasteiger partial charge in [-0.05, 0) is 33.6 Å². The summed E-state index contributed by atoms with van der Waals surface area (Å²) in [4.78, 5) is 25.7. The van der Waals surface area contributed by atoms with E-state index in [2.05, 4.69) is 0 Å². The molecule has 0 aromatic rings. The molecule has 0 N–H and O–H groups in total. The van der Waals surface area contributed by atoms with Gasteiger partial charge in [0.15, 0.2) is 0 Å². The zero-order valence-corrected chi connectivity index (χ0v) is 9.75. The predicted molar refractivity (Wildman–Crippen MR) is 57.1 cm³/mol. The van der Waals surface area contributed by atoms with Crippen molar-refractivity contribution in [1.82, 2.24) is 4.90 Å². The summed E-state index contributed by atoms with van der Waals surface area (Å²) in [7, 11) is 0. The molecule has 2 rings (SSSR count). The first-order valence-electron chi connectivity index (χ1n) is 5.81. The number of hydrogen-bond acceptors (Lipinski definition) is 2. The fourth-order valence-corrected chi connectivity index (χ4v) is 2.82. The van der Waals surface area contributed by atoms with Crippen molar-refractivity contribution < 1.29 is 9.59 Å². The van der Waals surface area contributed by atoms with Gasteiger partial charge in [-0.3, -0.25) is 14.5 Å². The second-order valence-electron chi connectivity index (χ2n) is 5.68. The number of amides is 2. The molecule has 0 aromatic heterocycles. The summed E-state index contributed by atoms with van der Waals surface area (Å²) in [5, 5.41) is 0. The van der Waals surface area contributed by atoms with Gasteiger partial charge in [0.25, 0.3) is 0 Å². The van der Waals surface area contributed by atoms with Gasteiger partial charge in [-0.2, -0.15) is 0 Å². The first kappa shape index (κ1) is 10.7. The van der Waals surface area contributed by atoms with Crippen LogP contribution in [0.15, 0.2) is 0 Å². The lowest BCUT2D eigenvalue weighted by molar-refractivity contribution is -0.145. The number of likely N-dealkylation sites (tertiary alicyclic amines) is 1. The van der Waals surface area contributed by atoms with Crippen LogP contribution >= 0.6 is 0 Å². The summed E-state index contributed by atoms with van der Waals surface area (Å²) in [6.07, 6.45) is 4.00. The Morgan fingerprint density at radius 3 is 1.73 bits per heavy atom. The van der Waals surface area contributed by atoms with Crippen LogP contribution in [-0.2, 0) is 9.59 Å². The van der Waals surface area contributed by atoms with Gasteiger partial charge in [0.05, 0.1) is 11.8 Å². The zero-order valence-electron chi connectivity index (χ0n) is 9.75. The van der Waals surface area contributed by atoms with Crippen LogP contribution in [0.5, 0.6) is 0 Å². The van der Waals surface area contributed by atoms with Crippen LogP contribution in [0.4, 0.5) is 0 Å². The summed E-state index contributed by atoms with van der Waals surface area (Å²) in [6, 6.07) is 0. The lowest BCUT2D eigenvalue weighted by Crippen LogP contribution is -2.45. The molecule has 2 atom stereocenters. The van der Waals surface area contributed by atoms with Crippen LogP contribution < -0.4 is 0 Å². The van der Waals surface area contributed by atoms with Crippen molar-refractivity contribution in [2.24, 2.45) is 11.8 Å². The molecule has 0 aromatic carbocycles. The summed E-state index contributed by atoms with van der Waals surface area (Å²) >= 11 is 0. The third kappa shape index (κ3) is 1.58. The number of rotatable bonds is 0. The molecular formula is C12H19NO2. The predicted octanol–water partition coefficient (Wildman–Crippen LogP) is 1.96. The minimum atomic E-state index is -0.356. The summed E-state index contributed by atoms with van der Waals surface area (Å²) in [5.74, 6) is 0.116. The fourth-order valence-electron chi connectivity index (χ4n) is 2.82. The summed E-state index contributed by atoms with van der Waals surface area (Å²) in [6.45, 7) is 5.79. The normalized spacial score (nSPS) is 32.1. The van der Waals surface area contributed by atoms with E-state index in [1.165, 1.54) is 4.90 Å². The second-order valence-corrected chi connectivity index (χ2v) is 5.68. The largest absolute Gasteiger partial charge is 0.277 e. The third-order valence-corrected chi connectivity index (χ3v) is 3.51. The van der Waals surface area contributed by atoms with Crippen LogP contribution in [0.25, 0.3) is 0 Å². The van der Waals surface area contributed by atoms with Crippen molar-refractivity contribution in [3.63, 3.8) is 0 Å². The van der Waals surface area contributed by atoms with E-state index < -0.39 is 0 Å². The van der Waals surface area contributed by atoms with Crippen LogP contribution in [0.3, 0.4) is 0 Å². The van der Waals surface area contributed by atoms with Crippen molar-refractivity contribution in [3.05, 3.63) is 0 Å². The van der Waals surface area contributed by atoms with E-state index in [4.69, 9.17) is 0 Å². The van der Waals surface area contributed by atoms with Gasteiger partial charge < -0.3 is 0 Å². The number of carbonyl (C=O) groups is 2. The van der Waals surface area contributed by atoms with Crippen LogP contribution in [0, 0.1) is 11.8 Å². The number of imide groups is 1. The Balaban J connectivity index is 2.29. The number of fused-ring (bicyclic) bond motifs is 1. The molecule has 0 spiro atoms. The molecule has 3 nitrogen and oxygen atoms in total. The van der Waals surface area contributed by atoms with E-state index in [1.807, 2.05) is 20.8 Å². The van der Waals surface area contributed by atoms with Gasteiger partial charge in [0, 0.05) is 5.54 Å². The molecule has 1 heterocycles. The maximum atomic E-state index is 12.1. The van der Waals surface area contributed by atoms with Crippen molar-refractivity contribution >= 4 is 11.8 Å². The van der Waals surface area contributed by atoms with Crippen molar-refractivity contribution in [3.8, 4) is 0 Å². The smallest absolute Gasteiger partial charge is 0.233 e. The topological polar surface area (TPSA) is 37.4 Å². The Morgan fingerprint density at radius 1 is 1.00 bits per heavy atom. The van der Waals surface area contributed by atoms with Crippen LogP contribution in [0.2, 0.25) is 0 Å². The van der Waals surface area contributed by atoms with E-state index in [0.29, 0.717) is 0 Å². The van der Waals surface area contributed by atoms with Crippen LogP contribution in [0.1, 0.15) is 46.5 Å². The van der Waals surface area contributed by atoms with Crippen LogP contribution in [-0.4, -0.2) is 22.3 Å². The first-order valence-corrected chi connectivity index (χ1v) is 5.81. The quantitative estimate of drug-likeness (QED) is 0.572. The van der Waals surface area contributed by atoms with Gasteiger partial charge in [-0.1, -0.05) is 12.8 Å². The molecule has 2 amide bonds. The zero-order chi connectivity index (χ0) is 11.2. The molecule has 84 valence electrons. The second kappa shape index (κ2) is 3.32. The monoisotopic (exact) mass is 209 g/mol. The Kier molecular flexibility index (Phi) is 2.36. The van der Waals surface area contributed by atoms with Crippen molar-refractivity contribution in [2.75, 3.05) is 0 Å². The first-order chi connectivity index (χ1) is 6.93. The molecule has 3 heteroatoms. The van der Waals surface area contributed by atoms with Gasteiger partial charge in [0.1, 0.15) is 0 Å². The highest BCUT2D eigenvalue weighted by Crippen LogP contribution is 2.40. The third-order valence-electron chi connectivity index (χ3n) is 3.51. The maximum absolute atomic E-state index is 12.1. The highest BCUT2D eigenvalue weighted by atomic mass is 16.2. The van der Waals surface area contributed by atoms with E-state index in [1.54, 1.807) is 0 Å². The number of carbonyl (C=O) groups excluding carboxylic acids is 2. The van der Waals surface area contributed by atoms with E-state index in [-0.39, 0.29) is 29.2 Å². The maximum Gasteiger partial charge on any atom is 0.233 e. The molecule has 0 unspecified atom stereocenters. The highest BCUT2D eigenvalue weighted by molar-refractivity contribution is 6.05. The molecular weight excluding hydrogens is 190 g/mol. The average molecular weight is 209 g/mol. The van der Waals surface area contributed by atoms with Crippen molar-refractivity contribution in [2.45, 2.75) is 52.0 Å². The molecule has 1 aliphatic heterocycles. The molecule has 1 saturated heterocycles. The minimum absolute atomic E-state index is 0.00882. The van der Waals surface area contributed by atoms with E-state index in [9.17, 15) is 9.59 Å². The lowest BCUT2D eigenvalue weighted by Gasteiger charge is -2.30. The van der Waals surface area contributed by atoms with Crippen molar-refractivity contribution in [1.29, 1.82) is 0 Å². The Morgan fingerprint density at radius 2 is 1.40 bits per heavy atom. The molecule has 2 fully saturated rings. The Labute approximate surface area is 90.8 Å². The molecule has 1 aliphatic carbocycles. The van der Waals surface area contributed by atoms with Gasteiger partial charge >= 0.3 is 0 Å². The van der Waals surface area contributed by atoms with E-state index in [0.717, 1.165) is 25.7 Å². The van der Waals surface area contributed by atoms with Gasteiger partial charge in [-0.15, -0.1) is 0 Å². The molecule has 2 aliphatic rings. The summed E-state index contributed by atoms with van der Waals surface area (Å²) in [5.41, 5.74) is -0.356. The lowest BCUT2D eigenvalue weighted by atomic mass is 9.81. The van der Waals surface area contributed by atoms with Gasteiger partial charge in [0.2, 0.25) is 11.8 Å². The average Bonchev–Trinajstić information content (AvgIpc) is 2.39. The van der Waals surface area contributed by atoms with Gasteiger partial charge in [-0.25, -0.2) is 0 Å². The molecule has 0 bridgehead atoms. The molecule has 1 saturated carbocycles. The molecule has 15 heavy (non-hydrogen) atoms. The Hall–Kier alpha value is -0.860. The fraction of sp³-hybridized carbons (Fsp3) is 0.833. The van der Waals surface area contributed by atoms with E-state index >= 15 is 0 Å². The molecule has 0 radical (unpaired) electrons. The number of hydrogen-bond donors (Lipinski definition) is 0. The minimum Gasteiger partial charge on any atom is -0.277 e. The summed E-state index contributed by atoms with van der Waals surface area (Å²) < 4.78 is 0. The highest BCUT2D eigenvalue weighted by Gasteiger charge is 2.51. The Bertz CT molecular complexity index is 279. The SMILES string of the molecule is CC(C)(C)N1C(=O)[C@H]2CCCC[C@H]2C1=O.